The van der Waals surface area contributed by atoms with Gasteiger partial charge >= 0.3 is 0 Å². The van der Waals surface area contributed by atoms with Crippen molar-refractivity contribution in [3.8, 4) is 5.75 Å². The normalized spacial score (nSPS) is 23.0. The van der Waals surface area contributed by atoms with E-state index in [1.54, 1.807) is 4.90 Å². The second-order valence-corrected chi connectivity index (χ2v) is 8.46. The number of likely N-dealkylation sites (tertiary alicyclic amines) is 1. The monoisotopic (exact) mass is 390 g/mol. The van der Waals surface area contributed by atoms with E-state index < -0.39 is 0 Å². The first-order valence-corrected chi connectivity index (χ1v) is 10.5. The molecule has 3 heterocycles. The molecule has 0 saturated carbocycles. The van der Waals surface area contributed by atoms with Gasteiger partial charge in [-0.2, -0.15) is 0 Å². The number of anilines is 1. The van der Waals surface area contributed by atoms with Gasteiger partial charge in [0.1, 0.15) is 11.4 Å². The Labute approximate surface area is 171 Å². The van der Waals surface area contributed by atoms with Crippen molar-refractivity contribution >= 4 is 17.5 Å². The van der Waals surface area contributed by atoms with Crippen molar-refractivity contribution in [3.05, 3.63) is 60.2 Å². The van der Waals surface area contributed by atoms with Crippen LogP contribution in [0.25, 0.3) is 0 Å². The number of piperidine rings is 1. The molecule has 2 saturated heterocycles. The maximum Gasteiger partial charge on any atom is 0.228 e. The van der Waals surface area contributed by atoms with Gasteiger partial charge < -0.3 is 14.5 Å². The predicted molar refractivity (Wildman–Crippen MR) is 111 cm³/mol. The van der Waals surface area contributed by atoms with Crippen LogP contribution in [0.15, 0.2) is 54.6 Å². The van der Waals surface area contributed by atoms with Crippen molar-refractivity contribution in [2.24, 2.45) is 5.92 Å². The SMILES string of the molecule is O=C(C1CC(=O)N(c2ccccc2)C1)N1CCC2(CCc3ccccc3O2)CC1. The molecular weight excluding hydrogens is 364 g/mol. The molecule has 3 aliphatic heterocycles. The number of para-hydroxylation sites is 2. The van der Waals surface area contributed by atoms with E-state index in [4.69, 9.17) is 4.74 Å². The lowest BCUT2D eigenvalue weighted by Crippen LogP contribution is -2.52. The van der Waals surface area contributed by atoms with Crippen LogP contribution < -0.4 is 9.64 Å². The Balaban J connectivity index is 1.22. The molecule has 2 amide bonds. The molecule has 0 bridgehead atoms. The molecule has 1 unspecified atom stereocenters. The van der Waals surface area contributed by atoms with E-state index in [1.165, 1.54) is 5.56 Å². The highest BCUT2D eigenvalue weighted by atomic mass is 16.5. The van der Waals surface area contributed by atoms with Gasteiger partial charge in [0.15, 0.2) is 0 Å². The lowest BCUT2D eigenvalue weighted by Gasteiger charge is -2.45. The molecule has 0 N–H and O–H groups in total. The van der Waals surface area contributed by atoms with E-state index in [-0.39, 0.29) is 23.3 Å². The van der Waals surface area contributed by atoms with Gasteiger partial charge in [0.05, 0.1) is 5.92 Å². The van der Waals surface area contributed by atoms with E-state index in [1.807, 2.05) is 41.3 Å². The first kappa shape index (κ1) is 18.2. The molecular formula is C24H26N2O3. The number of rotatable bonds is 2. The Kier molecular flexibility index (Phi) is 4.53. The van der Waals surface area contributed by atoms with Crippen LogP contribution in [0.3, 0.4) is 0 Å². The quantitative estimate of drug-likeness (QED) is 0.789. The van der Waals surface area contributed by atoms with E-state index in [9.17, 15) is 9.59 Å². The minimum absolute atomic E-state index is 0.0373. The summed E-state index contributed by atoms with van der Waals surface area (Å²) in [6.07, 6.45) is 4.06. The number of hydrogen-bond acceptors (Lipinski definition) is 3. The van der Waals surface area contributed by atoms with Crippen LogP contribution in [0.5, 0.6) is 5.75 Å². The first-order valence-electron chi connectivity index (χ1n) is 10.5. The van der Waals surface area contributed by atoms with Gasteiger partial charge in [-0.3, -0.25) is 9.59 Å². The number of carbonyl (C=O) groups is 2. The Morgan fingerprint density at radius 2 is 1.69 bits per heavy atom. The van der Waals surface area contributed by atoms with Crippen LogP contribution in [0, 0.1) is 5.92 Å². The molecule has 2 aromatic carbocycles. The number of amides is 2. The van der Waals surface area contributed by atoms with Crippen molar-refractivity contribution < 1.29 is 14.3 Å². The molecule has 29 heavy (non-hydrogen) atoms. The largest absolute Gasteiger partial charge is 0.487 e. The number of ether oxygens (including phenoxy) is 1. The third-order valence-corrected chi connectivity index (χ3v) is 6.68. The van der Waals surface area contributed by atoms with Crippen molar-refractivity contribution in [1.29, 1.82) is 0 Å². The Morgan fingerprint density at radius 1 is 0.966 bits per heavy atom. The molecule has 5 rings (SSSR count). The van der Waals surface area contributed by atoms with Gasteiger partial charge in [-0.1, -0.05) is 36.4 Å². The molecule has 150 valence electrons. The third-order valence-electron chi connectivity index (χ3n) is 6.68. The second kappa shape index (κ2) is 7.21. The van der Waals surface area contributed by atoms with E-state index in [0.717, 1.165) is 37.1 Å². The van der Waals surface area contributed by atoms with E-state index in [2.05, 4.69) is 18.2 Å². The van der Waals surface area contributed by atoms with Crippen LogP contribution in [0.1, 0.15) is 31.2 Å². The molecule has 1 atom stereocenters. The van der Waals surface area contributed by atoms with Crippen LogP contribution in [0.4, 0.5) is 5.69 Å². The Morgan fingerprint density at radius 3 is 2.48 bits per heavy atom. The fourth-order valence-electron chi connectivity index (χ4n) is 4.93. The van der Waals surface area contributed by atoms with Crippen molar-refractivity contribution in [3.63, 3.8) is 0 Å². The van der Waals surface area contributed by atoms with E-state index in [0.29, 0.717) is 26.1 Å². The number of hydrogen-bond donors (Lipinski definition) is 0. The van der Waals surface area contributed by atoms with Crippen LogP contribution in [-0.4, -0.2) is 41.9 Å². The summed E-state index contributed by atoms with van der Waals surface area (Å²) in [5.74, 6) is 0.904. The lowest BCUT2D eigenvalue weighted by molar-refractivity contribution is -0.139. The molecule has 0 aliphatic carbocycles. The standard InChI is InChI=1S/C24H26N2O3/c27-22-16-19(17-26(22)20-7-2-1-3-8-20)23(28)25-14-12-24(13-15-25)11-10-18-6-4-5-9-21(18)29-24/h1-9,19H,10-17H2. The number of benzene rings is 2. The highest BCUT2D eigenvalue weighted by molar-refractivity contribution is 6.00. The van der Waals surface area contributed by atoms with Gasteiger partial charge in [-0.25, -0.2) is 0 Å². The zero-order valence-electron chi connectivity index (χ0n) is 16.5. The second-order valence-electron chi connectivity index (χ2n) is 8.46. The fourth-order valence-corrected chi connectivity index (χ4v) is 4.93. The van der Waals surface area contributed by atoms with Crippen molar-refractivity contribution in [1.82, 2.24) is 4.90 Å². The molecule has 5 heteroatoms. The maximum atomic E-state index is 13.1. The summed E-state index contributed by atoms with van der Waals surface area (Å²) in [7, 11) is 0. The number of carbonyl (C=O) groups excluding carboxylic acids is 2. The van der Waals surface area contributed by atoms with Gasteiger partial charge in [0.2, 0.25) is 11.8 Å². The molecule has 2 fully saturated rings. The summed E-state index contributed by atoms with van der Waals surface area (Å²) in [6.45, 7) is 1.89. The van der Waals surface area contributed by atoms with Crippen molar-refractivity contribution in [2.45, 2.75) is 37.7 Å². The molecule has 3 aliphatic rings. The van der Waals surface area contributed by atoms with Gasteiger partial charge in [0.25, 0.3) is 0 Å². The lowest BCUT2D eigenvalue weighted by atomic mass is 9.83. The van der Waals surface area contributed by atoms with Crippen LogP contribution in [0.2, 0.25) is 0 Å². The fraction of sp³-hybridized carbons (Fsp3) is 0.417. The topological polar surface area (TPSA) is 49.9 Å². The average molecular weight is 390 g/mol. The summed E-state index contributed by atoms with van der Waals surface area (Å²) in [5.41, 5.74) is 2.01. The highest BCUT2D eigenvalue weighted by Crippen LogP contribution is 2.39. The van der Waals surface area contributed by atoms with Crippen molar-refractivity contribution in [2.75, 3.05) is 24.5 Å². The number of aryl methyl sites for hydroxylation is 1. The maximum absolute atomic E-state index is 13.1. The molecule has 1 spiro atoms. The minimum atomic E-state index is -0.246. The van der Waals surface area contributed by atoms with Crippen LogP contribution in [-0.2, 0) is 16.0 Å². The zero-order chi connectivity index (χ0) is 19.8. The first-order chi connectivity index (χ1) is 14.1. The smallest absolute Gasteiger partial charge is 0.228 e. The molecule has 0 aromatic heterocycles. The molecule has 0 radical (unpaired) electrons. The van der Waals surface area contributed by atoms with E-state index >= 15 is 0 Å². The van der Waals surface area contributed by atoms with Crippen LogP contribution >= 0.6 is 0 Å². The summed E-state index contributed by atoms with van der Waals surface area (Å²) >= 11 is 0. The Bertz CT molecular complexity index is 919. The number of fused-ring (bicyclic) bond motifs is 1. The predicted octanol–water partition coefficient (Wildman–Crippen LogP) is 3.43. The third kappa shape index (κ3) is 3.39. The summed E-state index contributed by atoms with van der Waals surface area (Å²) < 4.78 is 6.41. The summed E-state index contributed by atoms with van der Waals surface area (Å²) in [5, 5.41) is 0. The van der Waals surface area contributed by atoms with Gasteiger partial charge in [-0.15, -0.1) is 0 Å². The minimum Gasteiger partial charge on any atom is -0.487 e. The van der Waals surface area contributed by atoms with Gasteiger partial charge in [0, 0.05) is 44.6 Å². The highest BCUT2D eigenvalue weighted by Gasteiger charge is 2.43. The van der Waals surface area contributed by atoms with Gasteiger partial charge in [-0.05, 0) is 36.6 Å². The summed E-state index contributed by atoms with van der Waals surface area (Å²) in [6, 6.07) is 17.9. The average Bonchev–Trinajstić information content (AvgIpc) is 3.16. The molecule has 5 nitrogen and oxygen atoms in total. The molecule has 2 aromatic rings. The summed E-state index contributed by atoms with van der Waals surface area (Å²) in [4.78, 5) is 29.3. The zero-order valence-corrected chi connectivity index (χ0v) is 16.5. The number of nitrogens with zero attached hydrogens (tertiary/aromatic N) is 2. The Hall–Kier alpha value is -2.82.